The number of carbonyl (C=O) groups excluding carboxylic acids is 1. The molecule has 3 rings (SSSR count). The first-order valence-electron chi connectivity index (χ1n) is 8.45. The van der Waals surface area contributed by atoms with E-state index < -0.39 is 0 Å². The molecule has 0 atom stereocenters. The molecule has 1 aliphatic heterocycles. The van der Waals surface area contributed by atoms with Gasteiger partial charge in [0.05, 0.1) is 7.11 Å². The second-order valence-electron chi connectivity index (χ2n) is 5.90. The lowest BCUT2D eigenvalue weighted by molar-refractivity contribution is 0.203. The quantitative estimate of drug-likeness (QED) is 0.818. The van der Waals surface area contributed by atoms with Gasteiger partial charge in [0.15, 0.2) is 0 Å². The van der Waals surface area contributed by atoms with E-state index in [0.29, 0.717) is 13.1 Å². The molecule has 0 spiro atoms. The van der Waals surface area contributed by atoms with Gasteiger partial charge in [-0.05, 0) is 36.1 Å². The summed E-state index contributed by atoms with van der Waals surface area (Å²) in [6, 6.07) is 8.03. The Morgan fingerprint density at radius 3 is 2.80 bits per heavy atom. The molecule has 2 amide bonds. The maximum Gasteiger partial charge on any atom is 0.317 e. The maximum atomic E-state index is 12.2. The Bertz CT molecular complexity index is 710. The first kappa shape index (κ1) is 17.0. The molecule has 0 saturated heterocycles. The minimum Gasteiger partial charge on any atom is -0.497 e. The summed E-state index contributed by atoms with van der Waals surface area (Å²) in [5.41, 5.74) is 2.46. The Morgan fingerprint density at radius 1 is 1.32 bits per heavy atom. The van der Waals surface area contributed by atoms with E-state index in [1.807, 2.05) is 17.0 Å². The number of nitrogens with one attached hydrogen (secondary N) is 1. The van der Waals surface area contributed by atoms with Crippen LogP contribution in [0.3, 0.4) is 0 Å². The largest absolute Gasteiger partial charge is 0.497 e. The van der Waals surface area contributed by atoms with Crippen LogP contribution in [0.5, 0.6) is 5.75 Å². The van der Waals surface area contributed by atoms with Crippen LogP contribution in [0.2, 0.25) is 0 Å². The van der Waals surface area contributed by atoms with Crippen LogP contribution in [-0.4, -0.2) is 52.4 Å². The lowest BCUT2D eigenvalue weighted by Crippen LogP contribution is -2.42. The molecule has 0 bridgehead atoms. The fraction of sp³-hybridized carbons (Fsp3) is 0.389. The highest BCUT2D eigenvalue weighted by molar-refractivity contribution is 5.76. The van der Waals surface area contributed by atoms with Gasteiger partial charge in [0, 0.05) is 26.2 Å². The third-order valence-corrected chi connectivity index (χ3v) is 4.26. The molecule has 2 heterocycles. The number of ether oxygens (including phenoxy) is 1. The van der Waals surface area contributed by atoms with Crippen LogP contribution in [-0.2, 0) is 6.54 Å². The van der Waals surface area contributed by atoms with Crippen LogP contribution in [0.4, 0.5) is 4.79 Å². The number of carbonyl (C=O) groups is 1. The van der Waals surface area contributed by atoms with E-state index in [1.165, 1.54) is 17.5 Å². The molecule has 7 nitrogen and oxygen atoms in total. The van der Waals surface area contributed by atoms with Crippen molar-refractivity contribution in [2.24, 2.45) is 0 Å². The molecule has 1 N–H and O–H groups in total. The van der Waals surface area contributed by atoms with Crippen molar-refractivity contribution >= 4 is 11.6 Å². The van der Waals surface area contributed by atoms with Crippen molar-refractivity contribution in [3.63, 3.8) is 0 Å². The lowest BCUT2D eigenvalue weighted by atomic mass is 9.99. The normalized spacial score (nSPS) is 14.1. The van der Waals surface area contributed by atoms with E-state index in [1.54, 1.807) is 18.1 Å². The topological polar surface area (TPSA) is 72.3 Å². The zero-order valence-electron chi connectivity index (χ0n) is 14.4. The van der Waals surface area contributed by atoms with Crippen LogP contribution in [0.1, 0.15) is 18.4 Å². The summed E-state index contributed by atoms with van der Waals surface area (Å²) in [4.78, 5) is 18.0. The van der Waals surface area contributed by atoms with Crippen molar-refractivity contribution in [3.8, 4) is 5.75 Å². The highest BCUT2D eigenvalue weighted by atomic mass is 16.5. The number of benzene rings is 1. The Morgan fingerprint density at radius 2 is 2.16 bits per heavy atom. The molecule has 0 radical (unpaired) electrons. The summed E-state index contributed by atoms with van der Waals surface area (Å²) in [6.45, 7) is 2.75. The van der Waals surface area contributed by atoms with Gasteiger partial charge in [-0.3, -0.25) is 4.68 Å². The van der Waals surface area contributed by atoms with Crippen molar-refractivity contribution in [1.29, 1.82) is 0 Å². The van der Waals surface area contributed by atoms with Gasteiger partial charge in [-0.15, -0.1) is 0 Å². The predicted molar refractivity (Wildman–Crippen MR) is 95.2 cm³/mol. The van der Waals surface area contributed by atoms with Gasteiger partial charge in [-0.1, -0.05) is 18.2 Å². The smallest absolute Gasteiger partial charge is 0.317 e. The fourth-order valence-corrected chi connectivity index (χ4v) is 2.82. The van der Waals surface area contributed by atoms with Crippen molar-refractivity contribution in [2.75, 3.05) is 26.7 Å². The summed E-state index contributed by atoms with van der Waals surface area (Å²) in [6.07, 6.45) is 7.01. The number of aromatic nitrogens is 3. The molecule has 0 saturated carbocycles. The van der Waals surface area contributed by atoms with Gasteiger partial charge in [0.1, 0.15) is 18.4 Å². The van der Waals surface area contributed by atoms with Gasteiger partial charge in [0.2, 0.25) is 0 Å². The molecule has 0 fully saturated rings. The van der Waals surface area contributed by atoms with E-state index in [-0.39, 0.29) is 6.03 Å². The molecule has 0 unspecified atom stereocenters. The van der Waals surface area contributed by atoms with E-state index in [0.717, 1.165) is 31.7 Å². The van der Waals surface area contributed by atoms with Gasteiger partial charge in [0.25, 0.3) is 0 Å². The standard InChI is InChI=1S/C18H23N5O2/c1-25-17-5-3-15(4-6-17)16-7-11-22(12-8-16)18(24)20-9-2-10-23-14-19-13-21-23/h3-7,13-14H,2,8-12H2,1H3,(H,20,24). The number of hydrogen-bond acceptors (Lipinski definition) is 4. The molecule has 25 heavy (non-hydrogen) atoms. The minimum absolute atomic E-state index is 0.0105. The third-order valence-electron chi connectivity index (χ3n) is 4.26. The highest BCUT2D eigenvalue weighted by Gasteiger charge is 2.17. The Hall–Kier alpha value is -2.83. The predicted octanol–water partition coefficient (Wildman–Crippen LogP) is 2.18. The van der Waals surface area contributed by atoms with Gasteiger partial charge >= 0.3 is 6.03 Å². The first-order valence-corrected chi connectivity index (χ1v) is 8.45. The number of rotatable bonds is 6. The number of urea groups is 1. The van der Waals surface area contributed by atoms with Crippen molar-refractivity contribution in [2.45, 2.75) is 19.4 Å². The number of amides is 2. The van der Waals surface area contributed by atoms with Crippen molar-refractivity contribution in [3.05, 3.63) is 48.6 Å². The summed E-state index contributed by atoms with van der Waals surface area (Å²) in [5.74, 6) is 0.854. The summed E-state index contributed by atoms with van der Waals surface area (Å²) >= 11 is 0. The summed E-state index contributed by atoms with van der Waals surface area (Å²) in [5, 5.41) is 7.00. The van der Waals surface area contributed by atoms with Crippen molar-refractivity contribution in [1.82, 2.24) is 25.0 Å². The highest BCUT2D eigenvalue weighted by Crippen LogP contribution is 2.24. The van der Waals surface area contributed by atoms with E-state index in [2.05, 4.69) is 33.6 Å². The number of hydrogen-bond donors (Lipinski definition) is 1. The molecular formula is C18H23N5O2. The van der Waals surface area contributed by atoms with Crippen LogP contribution in [0.25, 0.3) is 5.57 Å². The first-order chi connectivity index (χ1) is 12.3. The Labute approximate surface area is 147 Å². The van der Waals surface area contributed by atoms with Crippen LogP contribution in [0, 0.1) is 0 Å². The van der Waals surface area contributed by atoms with Crippen LogP contribution >= 0.6 is 0 Å². The van der Waals surface area contributed by atoms with Gasteiger partial charge < -0.3 is 15.0 Å². The summed E-state index contributed by atoms with van der Waals surface area (Å²) in [7, 11) is 1.66. The van der Waals surface area contributed by atoms with E-state index >= 15 is 0 Å². The monoisotopic (exact) mass is 341 g/mol. The second-order valence-corrected chi connectivity index (χ2v) is 5.90. The molecule has 0 aliphatic carbocycles. The molecule has 1 aliphatic rings. The zero-order chi connectivity index (χ0) is 17.5. The number of nitrogens with zero attached hydrogens (tertiary/aromatic N) is 4. The number of aryl methyl sites for hydroxylation is 1. The minimum atomic E-state index is -0.0105. The van der Waals surface area contributed by atoms with Gasteiger partial charge in [-0.2, -0.15) is 5.10 Å². The molecule has 1 aromatic carbocycles. The molecule has 2 aromatic rings. The van der Waals surface area contributed by atoms with E-state index in [4.69, 9.17) is 4.74 Å². The molecule has 7 heteroatoms. The van der Waals surface area contributed by atoms with E-state index in [9.17, 15) is 4.79 Å². The second kappa shape index (κ2) is 8.32. The molecular weight excluding hydrogens is 318 g/mol. The fourth-order valence-electron chi connectivity index (χ4n) is 2.82. The molecule has 132 valence electrons. The maximum absolute atomic E-state index is 12.2. The third kappa shape index (κ3) is 4.59. The summed E-state index contributed by atoms with van der Waals surface area (Å²) < 4.78 is 6.95. The number of methoxy groups -OCH3 is 1. The Kier molecular flexibility index (Phi) is 5.66. The molecule has 1 aromatic heterocycles. The Balaban J connectivity index is 1.43. The lowest BCUT2D eigenvalue weighted by Gasteiger charge is -2.27. The van der Waals surface area contributed by atoms with Crippen LogP contribution in [0.15, 0.2) is 43.0 Å². The zero-order valence-corrected chi connectivity index (χ0v) is 14.4. The van der Waals surface area contributed by atoms with Gasteiger partial charge in [-0.25, -0.2) is 9.78 Å². The SMILES string of the molecule is COc1ccc(C2=CCN(C(=O)NCCCn3cncn3)CC2)cc1. The average molecular weight is 341 g/mol. The van der Waals surface area contributed by atoms with Crippen LogP contribution < -0.4 is 10.1 Å². The average Bonchev–Trinajstić information content (AvgIpc) is 3.19. The van der Waals surface area contributed by atoms with Crippen molar-refractivity contribution < 1.29 is 9.53 Å².